The molecule has 0 unspecified atom stereocenters. The van der Waals surface area contributed by atoms with Gasteiger partial charge in [-0.15, -0.1) is 11.3 Å². The van der Waals surface area contributed by atoms with Crippen LogP contribution >= 0.6 is 11.3 Å². The second-order valence-corrected chi connectivity index (χ2v) is 4.02. The third-order valence-electron chi connectivity index (χ3n) is 1.89. The van der Waals surface area contributed by atoms with Crippen LogP contribution in [-0.2, 0) is 4.79 Å². The van der Waals surface area contributed by atoms with Crippen molar-refractivity contribution in [1.29, 1.82) is 0 Å². The molecule has 88 valence electrons. The fraction of sp³-hybridized carbons (Fsp3) is 0.100. The molecule has 0 spiro atoms. The van der Waals surface area contributed by atoms with Gasteiger partial charge in [0.2, 0.25) is 5.91 Å². The number of primary amides is 1. The predicted octanol–water partition coefficient (Wildman–Crippen LogP) is 0.618. The van der Waals surface area contributed by atoms with Crippen molar-refractivity contribution in [1.82, 2.24) is 10.3 Å². The minimum Gasteiger partial charge on any atom is -0.462 e. The number of amides is 2. The van der Waals surface area contributed by atoms with Gasteiger partial charge in [-0.25, -0.2) is 4.98 Å². The summed E-state index contributed by atoms with van der Waals surface area (Å²) < 4.78 is 5.15. The number of nitrogens with two attached hydrogens (primary N) is 1. The molecule has 2 rings (SSSR count). The normalized spacial score (nSPS) is 10.1. The van der Waals surface area contributed by atoms with E-state index in [1.807, 2.05) is 0 Å². The first-order valence-electron chi connectivity index (χ1n) is 4.72. The lowest BCUT2D eigenvalue weighted by Gasteiger charge is -1.98. The maximum absolute atomic E-state index is 11.5. The second kappa shape index (κ2) is 4.79. The van der Waals surface area contributed by atoms with Gasteiger partial charge in [-0.1, -0.05) is 0 Å². The maximum atomic E-state index is 11.5. The summed E-state index contributed by atoms with van der Waals surface area (Å²) in [5, 5.41) is 4.56. The number of hydrogen-bond donors (Lipinski definition) is 2. The smallest absolute Gasteiger partial charge is 0.271 e. The monoisotopic (exact) mass is 251 g/mol. The standard InChI is InChI=1S/C10H9N3O3S/c11-8(14)4-12-9(15)6-5-17-10(13-6)7-2-1-3-16-7/h1-3,5H,4H2,(H2,11,14)(H,12,15). The lowest BCUT2D eigenvalue weighted by Crippen LogP contribution is -2.33. The van der Waals surface area contributed by atoms with Crippen LogP contribution < -0.4 is 11.1 Å². The largest absolute Gasteiger partial charge is 0.462 e. The van der Waals surface area contributed by atoms with Crippen LogP contribution in [0, 0.1) is 0 Å². The molecule has 7 heteroatoms. The van der Waals surface area contributed by atoms with Crippen LogP contribution in [0.2, 0.25) is 0 Å². The summed E-state index contributed by atoms with van der Waals surface area (Å²) in [4.78, 5) is 26.1. The lowest BCUT2D eigenvalue weighted by atomic mass is 10.4. The lowest BCUT2D eigenvalue weighted by molar-refractivity contribution is -0.117. The number of carbonyl (C=O) groups is 2. The number of nitrogens with zero attached hydrogens (tertiary/aromatic N) is 1. The highest BCUT2D eigenvalue weighted by molar-refractivity contribution is 7.13. The average Bonchev–Trinajstić information content (AvgIpc) is 2.94. The Labute approximate surface area is 100 Å². The van der Waals surface area contributed by atoms with Crippen molar-refractivity contribution in [3.63, 3.8) is 0 Å². The Morgan fingerprint density at radius 3 is 3.00 bits per heavy atom. The summed E-state index contributed by atoms with van der Waals surface area (Å²) in [6.45, 7) is -0.202. The van der Waals surface area contributed by atoms with E-state index in [-0.39, 0.29) is 12.2 Å². The molecular weight excluding hydrogens is 242 g/mol. The molecule has 0 aliphatic rings. The van der Waals surface area contributed by atoms with E-state index in [2.05, 4.69) is 10.3 Å². The summed E-state index contributed by atoms with van der Waals surface area (Å²) in [5.74, 6) is -0.429. The van der Waals surface area contributed by atoms with E-state index < -0.39 is 11.8 Å². The quantitative estimate of drug-likeness (QED) is 0.832. The molecule has 0 saturated heterocycles. The molecule has 2 aromatic heterocycles. The van der Waals surface area contributed by atoms with E-state index in [4.69, 9.17) is 10.2 Å². The number of rotatable bonds is 4. The molecule has 0 radical (unpaired) electrons. The Bertz CT molecular complexity index is 533. The van der Waals surface area contributed by atoms with Gasteiger partial charge in [0.05, 0.1) is 12.8 Å². The summed E-state index contributed by atoms with van der Waals surface area (Å²) in [7, 11) is 0. The van der Waals surface area contributed by atoms with Crippen molar-refractivity contribution >= 4 is 23.2 Å². The van der Waals surface area contributed by atoms with Gasteiger partial charge in [0.25, 0.3) is 5.91 Å². The minimum absolute atomic E-state index is 0.202. The fourth-order valence-electron chi connectivity index (χ4n) is 1.15. The molecule has 17 heavy (non-hydrogen) atoms. The van der Waals surface area contributed by atoms with Crippen molar-refractivity contribution < 1.29 is 14.0 Å². The zero-order valence-electron chi connectivity index (χ0n) is 8.67. The molecule has 3 N–H and O–H groups in total. The molecule has 2 heterocycles. The van der Waals surface area contributed by atoms with Crippen LogP contribution in [0.15, 0.2) is 28.2 Å². The number of furan rings is 1. The van der Waals surface area contributed by atoms with Gasteiger partial charge in [-0.05, 0) is 12.1 Å². The Kier molecular flexibility index (Phi) is 3.20. The van der Waals surface area contributed by atoms with E-state index >= 15 is 0 Å². The highest BCUT2D eigenvalue weighted by atomic mass is 32.1. The van der Waals surface area contributed by atoms with E-state index in [1.54, 1.807) is 17.5 Å². The van der Waals surface area contributed by atoms with Crippen LogP contribution in [0.25, 0.3) is 10.8 Å². The van der Waals surface area contributed by atoms with Crippen LogP contribution in [0.3, 0.4) is 0 Å². The molecule has 0 fully saturated rings. The zero-order valence-corrected chi connectivity index (χ0v) is 9.49. The first-order valence-corrected chi connectivity index (χ1v) is 5.60. The average molecular weight is 251 g/mol. The van der Waals surface area contributed by atoms with Crippen molar-refractivity contribution in [3.05, 3.63) is 29.5 Å². The third kappa shape index (κ3) is 2.70. The van der Waals surface area contributed by atoms with E-state index in [0.29, 0.717) is 10.8 Å². The van der Waals surface area contributed by atoms with E-state index in [0.717, 1.165) is 0 Å². The zero-order chi connectivity index (χ0) is 12.3. The summed E-state index contributed by atoms with van der Waals surface area (Å²) in [6.07, 6.45) is 1.53. The highest BCUT2D eigenvalue weighted by Crippen LogP contribution is 2.23. The Balaban J connectivity index is 2.08. The Morgan fingerprint density at radius 2 is 2.35 bits per heavy atom. The number of nitrogens with one attached hydrogen (secondary N) is 1. The molecule has 0 aromatic carbocycles. The predicted molar refractivity (Wildman–Crippen MR) is 61.3 cm³/mol. The Morgan fingerprint density at radius 1 is 1.53 bits per heavy atom. The molecule has 0 atom stereocenters. The second-order valence-electron chi connectivity index (χ2n) is 3.16. The molecule has 0 saturated carbocycles. The van der Waals surface area contributed by atoms with Gasteiger partial charge < -0.3 is 15.5 Å². The van der Waals surface area contributed by atoms with Crippen molar-refractivity contribution in [2.75, 3.05) is 6.54 Å². The summed E-state index contributed by atoms with van der Waals surface area (Å²) in [5.41, 5.74) is 5.15. The van der Waals surface area contributed by atoms with Crippen LogP contribution in [-0.4, -0.2) is 23.3 Å². The van der Waals surface area contributed by atoms with Gasteiger partial charge >= 0.3 is 0 Å². The molecule has 0 aliphatic heterocycles. The summed E-state index contributed by atoms with van der Waals surface area (Å²) >= 11 is 1.29. The van der Waals surface area contributed by atoms with Gasteiger partial charge in [0.1, 0.15) is 5.69 Å². The number of aromatic nitrogens is 1. The topological polar surface area (TPSA) is 98.2 Å². The molecule has 0 aliphatic carbocycles. The minimum atomic E-state index is -0.597. The van der Waals surface area contributed by atoms with Gasteiger partial charge in [-0.3, -0.25) is 9.59 Å². The maximum Gasteiger partial charge on any atom is 0.271 e. The van der Waals surface area contributed by atoms with Gasteiger partial charge in [0, 0.05) is 5.38 Å². The Hall–Kier alpha value is -2.15. The van der Waals surface area contributed by atoms with E-state index in [1.165, 1.54) is 17.6 Å². The third-order valence-corrected chi connectivity index (χ3v) is 2.75. The molecule has 2 aromatic rings. The van der Waals surface area contributed by atoms with Crippen molar-refractivity contribution in [2.24, 2.45) is 5.73 Å². The number of carbonyl (C=O) groups excluding carboxylic acids is 2. The summed E-state index contributed by atoms with van der Waals surface area (Å²) in [6, 6.07) is 3.49. The van der Waals surface area contributed by atoms with Crippen molar-refractivity contribution in [3.8, 4) is 10.8 Å². The highest BCUT2D eigenvalue weighted by Gasteiger charge is 2.13. The van der Waals surface area contributed by atoms with E-state index in [9.17, 15) is 9.59 Å². The molecule has 6 nitrogen and oxygen atoms in total. The first-order chi connectivity index (χ1) is 8.16. The van der Waals surface area contributed by atoms with Crippen LogP contribution in [0.5, 0.6) is 0 Å². The molecule has 2 amide bonds. The molecular formula is C10H9N3O3S. The fourth-order valence-corrected chi connectivity index (χ4v) is 1.92. The van der Waals surface area contributed by atoms with Gasteiger partial charge in [-0.2, -0.15) is 0 Å². The van der Waals surface area contributed by atoms with Crippen LogP contribution in [0.4, 0.5) is 0 Å². The molecule has 0 bridgehead atoms. The SMILES string of the molecule is NC(=O)CNC(=O)c1csc(-c2ccco2)n1. The number of hydrogen-bond acceptors (Lipinski definition) is 5. The van der Waals surface area contributed by atoms with Crippen molar-refractivity contribution in [2.45, 2.75) is 0 Å². The van der Waals surface area contributed by atoms with Gasteiger partial charge in [0.15, 0.2) is 10.8 Å². The number of thiazole rings is 1. The first kappa shape index (κ1) is 11.3. The van der Waals surface area contributed by atoms with Crippen LogP contribution in [0.1, 0.15) is 10.5 Å².